The third-order valence-electron chi connectivity index (χ3n) is 4.85. The Bertz CT molecular complexity index is 394. The fraction of sp³-hybridized carbons (Fsp3) is 0.667. The molecule has 1 aromatic carbocycles. The molecule has 112 valence electrons. The molecule has 0 amide bonds. The minimum Gasteiger partial charge on any atom is -0.367 e. The lowest BCUT2D eigenvalue weighted by molar-refractivity contribution is 0.361. The van der Waals surface area contributed by atoms with E-state index in [1.54, 1.807) is 0 Å². The number of nitrogens with zero attached hydrogens (tertiary/aromatic N) is 1. The molecule has 1 unspecified atom stereocenters. The molecule has 0 aromatic heterocycles. The van der Waals surface area contributed by atoms with E-state index < -0.39 is 0 Å². The van der Waals surface area contributed by atoms with Crippen molar-refractivity contribution >= 4 is 5.69 Å². The molecule has 2 N–H and O–H groups in total. The number of hydrogen-bond acceptors (Lipinski definition) is 2. The molecule has 1 saturated carbocycles. The van der Waals surface area contributed by atoms with Gasteiger partial charge >= 0.3 is 0 Å². The van der Waals surface area contributed by atoms with Crippen LogP contribution in [0.4, 0.5) is 5.69 Å². The smallest absolute Gasteiger partial charge is 0.0440 e. The van der Waals surface area contributed by atoms with Crippen LogP contribution in [0.2, 0.25) is 0 Å². The van der Waals surface area contributed by atoms with Crippen LogP contribution in [0.5, 0.6) is 0 Å². The number of aryl methyl sites for hydroxylation is 1. The predicted octanol–water partition coefficient (Wildman–Crippen LogP) is 4.12. The van der Waals surface area contributed by atoms with Gasteiger partial charge in [-0.05, 0) is 44.2 Å². The number of benzene rings is 1. The van der Waals surface area contributed by atoms with Crippen LogP contribution in [0.1, 0.15) is 51.0 Å². The Morgan fingerprint density at radius 2 is 1.80 bits per heavy atom. The maximum Gasteiger partial charge on any atom is 0.0440 e. The van der Waals surface area contributed by atoms with Crippen LogP contribution in [0.3, 0.4) is 0 Å². The summed E-state index contributed by atoms with van der Waals surface area (Å²) < 4.78 is 0. The Balaban J connectivity index is 2.20. The first-order valence-corrected chi connectivity index (χ1v) is 8.30. The first kappa shape index (κ1) is 15.4. The summed E-state index contributed by atoms with van der Waals surface area (Å²) in [5, 5.41) is 0. The second kappa shape index (κ2) is 7.68. The Labute approximate surface area is 124 Å². The van der Waals surface area contributed by atoms with Gasteiger partial charge in [0, 0.05) is 24.8 Å². The van der Waals surface area contributed by atoms with E-state index in [0.29, 0.717) is 6.04 Å². The van der Waals surface area contributed by atoms with Crippen LogP contribution < -0.4 is 10.6 Å². The summed E-state index contributed by atoms with van der Waals surface area (Å²) in [6.45, 7) is 6.28. The highest BCUT2D eigenvalue weighted by molar-refractivity contribution is 5.54. The summed E-state index contributed by atoms with van der Waals surface area (Å²) in [4.78, 5) is 2.55. The van der Waals surface area contributed by atoms with E-state index in [1.807, 2.05) is 0 Å². The van der Waals surface area contributed by atoms with Crippen molar-refractivity contribution in [1.29, 1.82) is 0 Å². The molecule has 0 spiro atoms. The zero-order chi connectivity index (χ0) is 14.4. The lowest BCUT2D eigenvalue weighted by Gasteiger charge is -2.38. The van der Waals surface area contributed by atoms with E-state index in [4.69, 9.17) is 5.73 Å². The summed E-state index contributed by atoms with van der Waals surface area (Å²) in [6.07, 6.45) is 8.28. The highest BCUT2D eigenvalue weighted by atomic mass is 15.2. The Morgan fingerprint density at radius 1 is 1.15 bits per heavy atom. The molecule has 1 atom stereocenters. The summed E-state index contributed by atoms with van der Waals surface area (Å²) in [6, 6.07) is 9.22. The van der Waals surface area contributed by atoms with Gasteiger partial charge in [0.15, 0.2) is 0 Å². The van der Waals surface area contributed by atoms with Crippen LogP contribution in [0.25, 0.3) is 0 Å². The van der Waals surface area contributed by atoms with E-state index >= 15 is 0 Å². The normalized spacial score (nSPS) is 18.6. The van der Waals surface area contributed by atoms with Gasteiger partial charge in [-0.25, -0.2) is 0 Å². The van der Waals surface area contributed by atoms with Gasteiger partial charge < -0.3 is 10.6 Å². The van der Waals surface area contributed by atoms with Crippen molar-refractivity contribution in [2.45, 2.75) is 58.4 Å². The molecule has 0 radical (unpaired) electrons. The molecule has 2 heteroatoms. The van der Waals surface area contributed by atoms with Crippen molar-refractivity contribution in [3.63, 3.8) is 0 Å². The second-order valence-corrected chi connectivity index (χ2v) is 6.13. The van der Waals surface area contributed by atoms with Crippen molar-refractivity contribution < 1.29 is 0 Å². The van der Waals surface area contributed by atoms with E-state index in [0.717, 1.165) is 19.0 Å². The van der Waals surface area contributed by atoms with Gasteiger partial charge in [-0.2, -0.15) is 0 Å². The first-order chi connectivity index (χ1) is 9.77. The average Bonchev–Trinajstić information content (AvgIpc) is 2.74. The van der Waals surface area contributed by atoms with Gasteiger partial charge in [0.2, 0.25) is 0 Å². The molecule has 0 heterocycles. The van der Waals surface area contributed by atoms with Crippen molar-refractivity contribution in [3.05, 3.63) is 29.8 Å². The van der Waals surface area contributed by atoms with Crippen LogP contribution in [-0.2, 0) is 0 Å². The average molecular weight is 274 g/mol. The van der Waals surface area contributed by atoms with Gasteiger partial charge in [-0.3, -0.25) is 0 Å². The van der Waals surface area contributed by atoms with Crippen molar-refractivity contribution in [3.8, 4) is 0 Å². The molecular weight excluding hydrogens is 244 g/mol. The standard InChI is InChI=1S/C18H30N2/c1-3-20(17-13-9-8-10-15(17)2)18(14-19)16-11-6-4-5-7-12-16/h8-10,13,16,18H,3-7,11-12,14,19H2,1-2H3. The van der Waals surface area contributed by atoms with Crippen LogP contribution in [0.15, 0.2) is 24.3 Å². The fourth-order valence-electron chi connectivity index (χ4n) is 3.74. The SMILES string of the molecule is CCN(c1ccccc1C)C(CN)C1CCCCCC1. The Hall–Kier alpha value is -1.02. The molecule has 1 fully saturated rings. The lowest BCUT2D eigenvalue weighted by Crippen LogP contribution is -2.46. The zero-order valence-corrected chi connectivity index (χ0v) is 13.1. The predicted molar refractivity (Wildman–Crippen MR) is 88.2 cm³/mol. The van der Waals surface area contributed by atoms with Crippen LogP contribution in [0, 0.1) is 12.8 Å². The van der Waals surface area contributed by atoms with E-state index in [-0.39, 0.29) is 0 Å². The van der Waals surface area contributed by atoms with Crippen LogP contribution >= 0.6 is 0 Å². The van der Waals surface area contributed by atoms with E-state index in [9.17, 15) is 0 Å². The summed E-state index contributed by atoms with van der Waals surface area (Å²) in [5.74, 6) is 0.766. The van der Waals surface area contributed by atoms with Crippen molar-refractivity contribution in [2.75, 3.05) is 18.0 Å². The van der Waals surface area contributed by atoms with Gasteiger partial charge in [-0.1, -0.05) is 43.9 Å². The number of rotatable bonds is 5. The van der Waals surface area contributed by atoms with Gasteiger partial charge in [-0.15, -0.1) is 0 Å². The maximum absolute atomic E-state index is 6.18. The maximum atomic E-state index is 6.18. The van der Waals surface area contributed by atoms with Crippen molar-refractivity contribution in [2.24, 2.45) is 11.7 Å². The van der Waals surface area contributed by atoms with Gasteiger partial charge in [0.25, 0.3) is 0 Å². The monoisotopic (exact) mass is 274 g/mol. The molecule has 0 aliphatic heterocycles. The molecule has 1 aliphatic carbocycles. The number of anilines is 1. The van der Waals surface area contributed by atoms with Gasteiger partial charge in [0.1, 0.15) is 0 Å². The second-order valence-electron chi connectivity index (χ2n) is 6.13. The summed E-state index contributed by atoms with van der Waals surface area (Å²) in [5.41, 5.74) is 8.91. The van der Waals surface area contributed by atoms with Crippen LogP contribution in [-0.4, -0.2) is 19.1 Å². The molecule has 1 aromatic rings. The summed E-state index contributed by atoms with van der Waals surface area (Å²) >= 11 is 0. The molecule has 2 nitrogen and oxygen atoms in total. The third-order valence-corrected chi connectivity index (χ3v) is 4.85. The molecule has 0 bridgehead atoms. The number of para-hydroxylation sites is 1. The number of nitrogens with two attached hydrogens (primary N) is 1. The Kier molecular flexibility index (Phi) is 5.90. The van der Waals surface area contributed by atoms with Gasteiger partial charge in [0.05, 0.1) is 0 Å². The third kappa shape index (κ3) is 3.54. The molecular formula is C18H30N2. The number of hydrogen-bond donors (Lipinski definition) is 1. The number of likely N-dealkylation sites (N-methyl/N-ethyl adjacent to an activating group) is 1. The van der Waals surface area contributed by atoms with E-state index in [1.165, 1.54) is 49.8 Å². The highest BCUT2D eigenvalue weighted by Crippen LogP contribution is 2.31. The molecule has 20 heavy (non-hydrogen) atoms. The summed E-state index contributed by atoms with van der Waals surface area (Å²) in [7, 11) is 0. The zero-order valence-electron chi connectivity index (χ0n) is 13.1. The highest BCUT2D eigenvalue weighted by Gasteiger charge is 2.27. The lowest BCUT2D eigenvalue weighted by atomic mass is 9.90. The minimum atomic E-state index is 0.499. The fourth-order valence-corrected chi connectivity index (χ4v) is 3.74. The molecule has 1 aliphatic rings. The minimum absolute atomic E-state index is 0.499. The topological polar surface area (TPSA) is 29.3 Å². The molecule has 0 saturated heterocycles. The van der Waals surface area contributed by atoms with E-state index in [2.05, 4.69) is 43.0 Å². The molecule has 2 rings (SSSR count). The Morgan fingerprint density at radius 3 is 2.35 bits per heavy atom. The quantitative estimate of drug-likeness (QED) is 0.818. The van der Waals surface area contributed by atoms with Crippen molar-refractivity contribution in [1.82, 2.24) is 0 Å². The largest absolute Gasteiger partial charge is 0.367 e. The first-order valence-electron chi connectivity index (χ1n) is 8.30.